The van der Waals surface area contributed by atoms with Gasteiger partial charge in [-0.15, -0.1) is 0 Å². The van der Waals surface area contributed by atoms with Crippen LogP contribution in [0.4, 0.5) is 0 Å². The van der Waals surface area contributed by atoms with Crippen LogP contribution in [0.25, 0.3) is 0 Å². The molecule has 0 amide bonds. The number of ether oxygens (including phenoxy) is 1. The summed E-state index contributed by atoms with van der Waals surface area (Å²) < 4.78 is 6.57. The van der Waals surface area contributed by atoms with Crippen molar-refractivity contribution >= 4 is 39.5 Å². The van der Waals surface area contributed by atoms with Crippen molar-refractivity contribution in [2.45, 2.75) is 31.5 Å². The molecule has 0 bridgehead atoms. The standard InChI is InChI=1S/C19H20IN3OS/c1-3-13-11-25-19-22-17(15-6-4-5-9-21-15)18(23(13)19)12-7-8-16(24-2)14(20)10-12/h4-10,13,17-18H,3,11H2,1-2H3/t13-,17-,18+/m1/s1. The second-order valence-corrected chi connectivity index (χ2v) is 8.38. The Morgan fingerprint density at radius 1 is 1.32 bits per heavy atom. The number of halogens is 1. The third-order valence-electron chi connectivity index (χ3n) is 4.85. The number of fused-ring (bicyclic) bond motifs is 1. The lowest BCUT2D eigenvalue weighted by Gasteiger charge is -2.32. The fourth-order valence-corrected chi connectivity index (χ4v) is 5.67. The summed E-state index contributed by atoms with van der Waals surface area (Å²) in [5.41, 5.74) is 2.32. The van der Waals surface area contributed by atoms with Crippen molar-refractivity contribution in [2.75, 3.05) is 12.9 Å². The minimum absolute atomic E-state index is 0.0437. The number of amidine groups is 1. The summed E-state index contributed by atoms with van der Waals surface area (Å²) in [6.45, 7) is 2.26. The molecule has 130 valence electrons. The maximum absolute atomic E-state index is 5.44. The van der Waals surface area contributed by atoms with Crippen LogP contribution in [0, 0.1) is 3.57 Å². The normalized spacial score (nSPS) is 25.0. The zero-order chi connectivity index (χ0) is 17.4. The predicted octanol–water partition coefficient (Wildman–Crippen LogP) is 4.67. The quantitative estimate of drug-likeness (QED) is 0.615. The average molecular weight is 465 g/mol. The van der Waals surface area contributed by atoms with Gasteiger partial charge in [0, 0.05) is 18.0 Å². The highest BCUT2D eigenvalue weighted by molar-refractivity contribution is 14.1. The van der Waals surface area contributed by atoms with E-state index in [1.165, 1.54) is 10.7 Å². The van der Waals surface area contributed by atoms with Crippen LogP contribution < -0.4 is 4.74 Å². The molecule has 4 rings (SSSR count). The second-order valence-electron chi connectivity index (χ2n) is 6.23. The smallest absolute Gasteiger partial charge is 0.160 e. The van der Waals surface area contributed by atoms with Crippen molar-refractivity contribution in [3.8, 4) is 5.75 Å². The zero-order valence-corrected chi connectivity index (χ0v) is 17.2. The number of hydrogen-bond acceptors (Lipinski definition) is 5. The summed E-state index contributed by atoms with van der Waals surface area (Å²) in [6.07, 6.45) is 2.99. The lowest BCUT2D eigenvalue weighted by Crippen LogP contribution is -2.35. The van der Waals surface area contributed by atoms with E-state index in [0.717, 1.165) is 27.2 Å². The van der Waals surface area contributed by atoms with E-state index in [1.54, 1.807) is 7.11 Å². The Morgan fingerprint density at radius 3 is 2.88 bits per heavy atom. The van der Waals surface area contributed by atoms with Gasteiger partial charge < -0.3 is 9.64 Å². The molecule has 1 fully saturated rings. The van der Waals surface area contributed by atoms with Gasteiger partial charge in [0.05, 0.1) is 22.4 Å². The number of benzene rings is 1. The van der Waals surface area contributed by atoms with E-state index >= 15 is 0 Å². The van der Waals surface area contributed by atoms with Crippen molar-refractivity contribution in [2.24, 2.45) is 4.99 Å². The number of pyridine rings is 1. The van der Waals surface area contributed by atoms with Crippen molar-refractivity contribution in [3.63, 3.8) is 0 Å². The van der Waals surface area contributed by atoms with Crippen LogP contribution in [0.15, 0.2) is 47.6 Å². The molecule has 3 atom stereocenters. The first-order valence-electron chi connectivity index (χ1n) is 8.46. The van der Waals surface area contributed by atoms with E-state index in [2.05, 4.69) is 63.7 Å². The monoisotopic (exact) mass is 465 g/mol. The number of aliphatic imine (C=N–C) groups is 1. The van der Waals surface area contributed by atoms with E-state index < -0.39 is 0 Å². The van der Waals surface area contributed by atoms with E-state index in [0.29, 0.717) is 6.04 Å². The Bertz CT molecular complexity index is 799. The molecule has 2 aromatic rings. The van der Waals surface area contributed by atoms with Crippen LogP contribution >= 0.6 is 34.4 Å². The minimum Gasteiger partial charge on any atom is -0.496 e. The fourth-order valence-electron chi connectivity index (χ4n) is 3.58. The number of nitrogens with zero attached hydrogens (tertiary/aromatic N) is 3. The molecule has 0 aliphatic carbocycles. The number of thioether (sulfide) groups is 1. The number of aromatic nitrogens is 1. The van der Waals surface area contributed by atoms with E-state index in [-0.39, 0.29) is 12.1 Å². The molecule has 0 radical (unpaired) electrons. The highest BCUT2D eigenvalue weighted by Crippen LogP contribution is 2.48. The van der Waals surface area contributed by atoms with Crippen molar-refractivity contribution in [3.05, 3.63) is 57.4 Å². The van der Waals surface area contributed by atoms with E-state index in [1.807, 2.05) is 30.1 Å². The van der Waals surface area contributed by atoms with Crippen molar-refractivity contribution < 1.29 is 4.74 Å². The summed E-state index contributed by atoms with van der Waals surface area (Å²) in [7, 11) is 1.72. The molecular weight excluding hydrogens is 445 g/mol. The number of methoxy groups -OCH3 is 1. The summed E-state index contributed by atoms with van der Waals surface area (Å²) >= 11 is 4.22. The van der Waals surface area contributed by atoms with E-state index in [4.69, 9.17) is 9.73 Å². The second kappa shape index (κ2) is 7.15. The molecule has 0 saturated carbocycles. The third kappa shape index (κ3) is 3.03. The summed E-state index contributed by atoms with van der Waals surface area (Å²) in [5, 5.41) is 1.17. The van der Waals surface area contributed by atoms with Gasteiger partial charge >= 0.3 is 0 Å². The first-order valence-corrected chi connectivity index (χ1v) is 10.5. The average Bonchev–Trinajstić information content (AvgIpc) is 3.21. The molecule has 4 nitrogen and oxygen atoms in total. The maximum Gasteiger partial charge on any atom is 0.160 e. The fraction of sp³-hybridized carbons (Fsp3) is 0.368. The van der Waals surface area contributed by atoms with Gasteiger partial charge in [-0.3, -0.25) is 9.98 Å². The zero-order valence-electron chi connectivity index (χ0n) is 14.2. The largest absolute Gasteiger partial charge is 0.496 e. The van der Waals surface area contributed by atoms with Gasteiger partial charge in [-0.2, -0.15) is 0 Å². The highest BCUT2D eigenvalue weighted by Gasteiger charge is 2.45. The summed E-state index contributed by atoms with van der Waals surface area (Å²) in [6, 6.07) is 13.3. The molecular formula is C19H20IN3OS. The lowest BCUT2D eigenvalue weighted by atomic mass is 9.95. The molecule has 3 heterocycles. The minimum atomic E-state index is 0.0437. The number of rotatable bonds is 4. The Labute approximate surface area is 166 Å². The SMILES string of the molecule is CC[C@@H]1CSC2=N[C@H](c3ccccn3)[C@H](c3ccc(OC)c(I)c3)N21. The maximum atomic E-state index is 5.44. The molecule has 1 aromatic carbocycles. The molecule has 25 heavy (non-hydrogen) atoms. The van der Waals surface area contributed by atoms with Gasteiger partial charge in [-0.25, -0.2) is 0 Å². The van der Waals surface area contributed by atoms with Crippen LogP contribution in [-0.2, 0) is 0 Å². The molecule has 1 aromatic heterocycles. The van der Waals surface area contributed by atoms with Gasteiger partial charge in [0.1, 0.15) is 11.8 Å². The Morgan fingerprint density at radius 2 is 2.20 bits per heavy atom. The highest BCUT2D eigenvalue weighted by atomic mass is 127. The van der Waals surface area contributed by atoms with Gasteiger partial charge in [0.25, 0.3) is 0 Å². The first-order chi connectivity index (χ1) is 12.2. The summed E-state index contributed by atoms with van der Waals surface area (Å²) in [4.78, 5) is 12.2. The Kier molecular flexibility index (Phi) is 4.90. The third-order valence-corrected chi connectivity index (χ3v) is 6.82. The molecule has 2 aliphatic rings. The molecule has 0 spiro atoms. The molecule has 0 unspecified atom stereocenters. The predicted molar refractivity (Wildman–Crippen MR) is 111 cm³/mol. The molecule has 1 saturated heterocycles. The van der Waals surface area contributed by atoms with Gasteiger partial charge in [-0.1, -0.05) is 30.8 Å². The van der Waals surface area contributed by atoms with E-state index in [9.17, 15) is 0 Å². The van der Waals surface area contributed by atoms with Crippen LogP contribution in [-0.4, -0.2) is 34.0 Å². The Hall–Kier alpha value is -1.28. The first kappa shape index (κ1) is 17.1. The molecule has 6 heteroatoms. The molecule has 2 aliphatic heterocycles. The topological polar surface area (TPSA) is 37.7 Å². The Balaban J connectivity index is 1.79. The van der Waals surface area contributed by atoms with Crippen molar-refractivity contribution in [1.29, 1.82) is 0 Å². The lowest BCUT2D eigenvalue weighted by molar-refractivity contribution is 0.255. The summed E-state index contributed by atoms with van der Waals surface area (Å²) in [5.74, 6) is 2.04. The molecule has 0 N–H and O–H groups in total. The van der Waals surface area contributed by atoms with Crippen LogP contribution in [0.2, 0.25) is 0 Å². The van der Waals surface area contributed by atoms with Crippen LogP contribution in [0.1, 0.15) is 36.7 Å². The van der Waals surface area contributed by atoms with Crippen molar-refractivity contribution in [1.82, 2.24) is 9.88 Å². The van der Waals surface area contributed by atoms with Crippen LogP contribution in [0.3, 0.4) is 0 Å². The van der Waals surface area contributed by atoms with Gasteiger partial charge in [0.15, 0.2) is 5.17 Å². The number of hydrogen-bond donors (Lipinski definition) is 0. The van der Waals surface area contributed by atoms with Gasteiger partial charge in [0.2, 0.25) is 0 Å². The van der Waals surface area contributed by atoms with Crippen LogP contribution in [0.5, 0.6) is 5.75 Å². The van der Waals surface area contributed by atoms with Gasteiger partial charge in [-0.05, 0) is 58.8 Å².